The summed E-state index contributed by atoms with van der Waals surface area (Å²) < 4.78 is 10.3. The predicted octanol–water partition coefficient (Wildman–Crippen LogP) is 2.89. The van der Waals surface area contributed by atoms with E-state index >= 15 is 0 Å². The van der Waals surface area contributed by atoms with Crippen molar-refractivity contribution in [2.24, 2.45) is 5.10 Å². The third kappa shape index (κ3) is 5.87. The normalized spacial score (nSPS) is 10.5. The van der Waals surface area contributed by atoms with E-state index in [9.17, 15) is 9.59 Å². The molecule has 0 fully saturated rings. The van der Waals surface area contributed by atoms with Crippen LogP contribution in [0.5, 0.6) is 11.5 Å². The van der Waals surface area contributed by atoms with E-state index in [-0.39, 0.29) is 17.1 Å². The SMILES string of the molecule is COc1ccc(OC)c(/C=N\NC(=O)CNC(=O)c2ccc(Cl)cc2Cl)c1. The van der Waals surface area contributed by atoms with Gasteiger partial charge in [0.05, 0.1) is 37.6 Å². The molecule has 27 heavy (non-hydrogen) atoms. The number of rotatable bonds is 7. The van der Waals surface area contributed by atoms with Crippen molar-refractivity contribution in [3.63, 3.8) is 0 Å². The molecule has 0 atom stereocenters. The van der Waals surface area contributed by atoms with Gasteiger partial charge in [0.25, 0.3) is 11.8 Å². The number of carbonyl (C=O) groups is 2. The molecule has 0 heterocycles. The molecule has 0 aliphatic heterocycles. The van der Waals surface area contributed by atoms with Crippen molar-refractivity contribution in [3.8, 4) is 11.5 Å². The Balaban J connectivity index is 1.91. The number of methoxy groups -OCH3 is 2. The van der Waals surface area contributed by atoms with E-state index in [1.54, 1.807) is 25.3 Å². The Bertz CT molecular complexity index is 872. The molecular formula is C18H17Cl2N3O4. The summed E-state index contributed by atoms with van der Waals surface area (Å²) in [7, 11) is 3.06. The Morgan fingerprint density at radius 1 is 1.11 bits per heavy atom. The second-order valence-electron chi connectivity index (χ2n) is 5.21. The number of hydrogen-bond donors (Lipinski definition) is 2. The van der Waals surface area contributed by atoms with Crippen molar-refractivity contribution in [1.29, 1.82) is 0 Å². The van der Waals surface area contributed by atoms with Crippen LogP contribution in [-0.2, 0) is 4.79 Å². The van der Waals surface area contributed by atoms with Crippen molar-refractivity contribution >= 4 is 41.2 Å². The first kappa shape index (κ1) is 20.5. The number of carbonyl (C=O) groups excluding carboxylic acids is 2. The number of nitrogens with zero attached hydrogens (tertiary/aromatic N) is 1. The fraction of sp³-hybridized carbons (Fsp3) is 0.167. The van der Waals surface area contributed by atoms with Gasteiger partial charge in [0.1, 0.15) is 11.5 Å². The molecule has 2 aromatic carbocycles. The van der Waals surface area contributed by atoms with Gasteiger partial charge in [-0.3, -0.25) is 9.59 Å². The third-order valence-electron chi connectivity index (χ3n) is 3.42. The van der Waals surface area contributed by atoms with E-state index in [0.717, 1.165) is 0 Å². The zero-order valence-electron chi connectivity index (χ0n) is 14.6. The number of nitrogens with one attached hydrogen (secondary N) is 2. The fourth-order valence-electron chi connectivity index (χ4n) is 2.08. The summed E-state index contributed by atoms with van der Waals surface area (Å²) in [6.45, 7) is -0.273. The molecule has 7 nitrogen and oxygen atoms in total. The van der Waals surface area contributed by atoms with Crippen LogP contribution in [0.3, 0.4) is 0 Å². The molecule has 0 bridgehead atoms. The Morgan fingerprint density at radius 2 is 1.89 bits per heavy atom. The summed E-state index contributed by atoms with van der Waals surface area (Å²) in [5.41, 5.74) is 3.16. The van der Waals surface area contributed by atoms with Crippen LogP contribution in [0, 0.1) is 0 Å². The van der Waals surface area contributed by atoms with Gasteiger partial charge in [-0.2, -0.15) is 5.10 Å². The molecule has 2 amide bonds. The summed E-state index contributed by atoms with van der Waals surface area (Å²) in [5.74, 6) is 0.187. The van der Waals surface area contributed by atoms with E-state index in [1.807, 2.05) is 0 Å². The molecule has 142 valence electrons. The van der Waals surface area contributed by atoms with Crippen LogP contribution in [0.15, 0.2) is 41.5 Å². The summed E-state index contributed by atoms with van der Waals surface area (Å²) in [4.78, 5) is 23.9. The van der Waals surface area contributed by atoms with Crippen molar-refractivity contribution in [3.05, 3.63) is 57.6 Å². The maximum absolute atomic E-state index is 12.0. The van der Waals surface area contributed by atoms with Gasteiger partial charge in [0.15, 0.2) is 0 Å². The molecule has 0 unspecified atom stereocenters. The second-order valence-corrected chi connectivity index (χ2v) is 6.05. The van der Waals surface area contributed by atoms with E-state index in [4.69, 9.17) is 32.7 Å². The van der Waals surface area contributed by atoms with Crippen LogP contribution in [-0.4, -0.2) is 38.8 Å². The third-order valence-corrected chi connectivity index (χ3v) is 3.96. The minimum atomic E-state index is -0.508. The molecule has 0 aromatic heterocycles. The molecule has 0 spiro atoms. The first-order valence-electron chi connectivity index (χ1n) is 7.71. The highest BCUT2D eigenvalue weighted by Gasteiger charge is 2.12. The molecule has 0 saturated carbocycles. The quantitative estimate of drug-likeness (QED) is 0.543. The summed E-state index contributed by atoms with van der Waals surface area (Å²) >= 11 is 11.7. The van der Waals surface area contributed by atoms with Gasteiger partial charge in [-0.15, -0.1) is 0 Å². The lowest BCUT2D eigenvalue weighted by atomic mass is 10.2. The average molecular weight is 410 g/mol. The van der Waals surface area contributed by atoms with Crippen LogP contribution in [0.4, 0.5) is 0 Å². The summed E-state index contributed by atoms with van der Waals surface area (Å²) in [6.07, 6.45) is 1.41. The van der Waals surface area contributed by atoms with Crippen LogP contribution >= 0.6 is 23.2 Å². The van der Waals surface area contributed by atoms with Crippen molar-refractivity contribution in [2.45, 2.75) is 0 Å². The molecule has 2 N–H and O–H groups in total. The van der Waals surface area contributed by atoms with Crippen LogP contribution in [0.2, 0.25) is 10.0 Å². The van der Waals surface area contributed by atoms with Crippen molar-refractivity contribution < 1.29 is 19.1 Å². The standard InChI is InChI=1S/C18H17Cl2N3O4/c1-26-13-4-6-16(27-2)11(7-13)9-22-23-17(24)10-21-18(25)14-5-3-12(19)8-15(14)20/h3-9H,10H2,1-2H3,(H,21,25)(H,23,24)/b22-9-. The maximum Gasteiger partial charge on any atom is 0.259 e. The number of halogens is 2. The van der Waals surface area contributed by atoms with Crippen LogP contribution in [0.1, 0.15) is 15.9 Å². The Labute approximate surface area is 166 Å². The van der Waals surface area contributed by atoms with E-state index in [0.29, 0.717) is 22.1 Å². The largest absolute Gasteiger partial charge is 0.497 e. The van der Waals surface area contributed by atoms with Gasteiger partial charge in [0, 0.05) is 10.6 Å². The molecule has 9 heteroatoms. The second kappa shape index (κ2) is 9.80. The van der Waals surface area contributed by atoms with Crippen LogP contribution in [0.25, 0.3) is 0 Å². The zero-order chi connectivity index (χ0) is 19.8. The lowest BCUT2D eigenvalue weighted by molar-refractivity contribution is -0.120. The number of amides is 2. The average Bonchev–Trinajstić information content (AvgIpc) is 2.66. The monoisotopic (exact) mass is 409 g/mol. The first-order chi connectivity index (χ1) is 12.9. The molecule has 2 rings (SSSR count). The highest BCUT2D eigenvalue weighted by molar-refractivity contribution is 6.36. The van der Waals surface area contributed by atoms with Crippen molar-refractivity contribution in [2.75, 3.05) is 20.8 Å². The molecule has 0 aliphatic rings. The maximum atomic E-state index is 12.0. The molecule has 0 saturated heterocycles. The highest BCUT2D eigenvalue weighted by Crippen LogP contribution is 2.22. The molecule has 0 aliphatic carbocycles. The topological polar surface area (TPSA) is 89.0 Å². The van der Waals surface area contributed by atoms with E-state index < -0.39 is 11.8 Å². The predicted molar refractivity (Wildman–Crippen MR) is 104 cm³/mol. The minimum Gasteiger partial charge on any atom is -0.497 e. The molecule has 0 radical (unpaired) electrons. The number of hydrazone groups is 1. The summed E-state index contributed by atoms with van der Waals surface area (Å²) in [5, 5.41) is 6.91. The number of benzene rings is 2. The van der Waals surface area contributed by atoms with Crippen LogP contribution < -0.4 is 20.2 Å². The summed E-state index contributed by atoms with van der Waals surface area (Å²) in [6, 6.07) is 9.63. The minimum absolute atomic E-state index is 0.198. The Morgan fingerprint density at radius 3 is 2.56 bits per heavy atom. The Hall–Kier alpha value is -2.77. The van der Waals surface area contributed by atoms with Gasteiger partial charge >= 0.3 is 0 Å². The fourth-order valence-corrected chi connectivity index (χ4v) is 2.58. The molecular weight excluding hydrogens is 393 g/mol. The van der Waals surface area contributed by atoms with Gasteiger partial charge in [0.2, 0.25) is 0 Å². The highest BCUT2D eigenvalue weighted by atomic mass is 35.5. The van der Waals surface area contributed by atoms with Crippen molar-refractivity contribution in [1.82, 2.24) is 10.7 Å². The smallest absolute Gasteiger partial charge is 0.259 e. The zero-order valence-corrected chi connectivity index (χ0v) is 16.1. The van der Waals surface area contributed by atoms with E-state index in [2.05, 4.69) is 15.8 Å². The number of hydrogen-bond acceptors (Lipinski definition) is 5. The van der Waals surface area contributed by atoms with Gasteiger partial charge in [-0.1, -0.05) is 23.2 Å². The van der Waals surface area contributed by atoms with Gasteiger partial charge in [-0.25, -0.2) is 5.43 Å². The number of ether oxygens (including phenoxy) is 2. The lowest BCUT2D eigenvalue weighted by Gasteiger charge is -2.07. The molecule has 2 aromatic rings. The van der Waals surface area contributed by atoms with Gasteiger partial charge < -0.3 is 14.8 Å². The van der Waals surface area contributed by atoms with E-state index in [1.165, 1.54) is 31.5 Å². The van der Waals surface area contributed by atoms with Gasteiger partial charge in [-0.05, 0) is 36.4 Å². The Kier molecular flexibility index (Phi) is 7.45. The first-order valence-corrected chi connectivity index (χ1v) is 8.47. The lowest BCUT2D eigenvalue weighted by Crippen LogP contribution is -2.35.